The zero-order valence-electron chi connectivity index (χ0n) is 12.8. The second-order valence-electron chi connectivity index (χ2n) is 5.45. The summed E-state index contributed by atoms with van der Waals surface area (Å²) in [7, 11) is 0. The summed E-state index contributed by atoms with van der Waals surface area (Å²) in [4.78, 5) is 10.1. The maximum Gasteiger partial charge on any atom is 0.269 e. The van der Waals surface area contributed by atoms with Gasteiger partial charge in [-0.05, 0) is 12.1 Å². The van der Waals surface area contributed by atoms with Crippen molar-refractivity contribution in [3.63, 3.8) is 0 Å². The summed E-state index contributed by atoms with van der Waals surface area (Å²) in [6.07, 6.45) is -4.33. The van der Waals surface area contributed by atoms with Crippen LogP contribution in [-0.4, -0.2) is 55.1 Å². The number of alkyl halides is 1. The molecule has 11 heteroatoms. The van der Waals surface area contributed by atoms with Gasteiger partial charge in [0.25, 0.3) is 5.69 Å². The van der Waals surface area contributed by atoms with Crippen LogP contribution in [0.5, 0.6) is 5.75 Å². The minimum atomic E-state index is -1.67. The van der Waals surface area contributed by atoms with E-state index in [4.69, 9.17) is 9.47 Å². The molecule has 4 atom stereocenters. The van der Waals surface area contributed by atoms with Crippen LogP contribution in [0.2, 0.25) is 0 Å². The Morgan fingerprint density at radius 2 is 2.08 bits per heavy atom. The number of nitro groups is 1. The van der Waals surface area contributed by atoms with E-state index >= 15 is 0 Å². The predicted molar refractivity (Wildman–Crippen MR) is 79.3 cm³/mol. The number of aliphatic hydroxyl groups is 2. The molecule has 1 aromatic heterocycles. The molecule has 0 amide bonds. The summed E-state index contributed by atoms with van der Waals surface area (Å²) in [6.45, 7) is -0.341. The number of aliphatic hydroxyl groups excluding tert-OH is 2. The number of hydrogen-bond acceptors (Lipinski definition) is 8. The zero-order chi connectivity index (χ0) is 18.0. The summed E-state index contributed by atoms with van der Waals surface area (Å²) in [5.74, 6) is 0.407. The molecule has 1 aromatic carbocycles. The zero-order valence-corrected chi connectivity index (χ0v) is 12.8. The number of halogens is 1. The Morgan fingerprint density at radius 3 is 2.76 bits per heavy atom. The maximum atomic E-state index is 13.3. The topological polar surface area (TPSA) is 133 Å². The van der Waals surface area contributed by atoms with Crippen molar-refractivity contribution in [2.75, 3.05) is 6.61 Å². The molecule has 0 aliphatic carbocycles. The fourth-order valence-electron chi connectivity index (χ4n) is 2.33. The van der Waals surface area contributed by atoms with Crippen molar-refractivity contribution < 1.29 is 29.0 Å². The van der Waals surface area contributed by atoms with Gasteiger partial charge in [0.1, 0.15) is 30.3 Å². The third kappa shape index (κ3) is 3.73. The van der Waals surface area contributed by atoms with Gasteiger partial charge in [-0.15, -0.1) is 5.10 Å². The highest BCUT2D eigenvalue weighted by atomic mass is 19.1. The number of nitrogens with zero attached hydrogens (tertiary/aromatic N) is 4. The Kier molecular flexibility index (Phi) is 4.88. The first-order valence-corrected chi connectivity index (χ1v) is 7.35. The fraction of sp³-hybridized carbons (Fsp3) is 0.429. The summed E-state index contributed by atoms with van der Waals surface area (Å²) < 4.78 is 25.0. The van der Waals surface area contributed by atoms with Crippen molar-refractivity contribution in [1.29, 1.82) is 0 Å². The highest BCUT2D eigenvalue weighted by Crippen LogP contribution is 2.25. The largest absolute Gasteiger partial charge is 0.487 e. The molecule has 1 fully saturated rings. The van der Waals surface area contributed by atoms with Gasteiger partial charge < -0.3 is 19.7 Å². The third-order valence-electron chi connectivity index (χ3n) is 3.69. The van der Waals surface area contributed by atoms with Crippen molar-refractivity contribution >= 4 is 5.69 Å². The summed E-state index contributed by atoms with van der Waals surface area (Å²) >= 11 is 0. The highest BCUT2D eigenvalue weighted by molar-refractivity contribution is 5.35. The van der Waals surface area contributed by atoms with Crippen LogP contribution in [0.4, 0.5) is 10.1 Å². The molecule has 0 radical (unpaired) electrons. The molecule has 2 aromatic rings. The first-order chi connectivity index (χ1) is 12.0. The second-order valence-corrected chi connectivity index (χ2v) is 5.45. The van der Waals surface area contributed by atoms with E-state index in [0.717, 1.165) is 0 Å². The van der Waals surface area contributed by atoms with E-state index in [2.05, 4.69) is 10.3 Å². The average Bonchev–Trinajstić information content (AvgIpc) is 3.07. The molecule has 0 unspecified atom stereocenters. The lowest BCUT2D eigenvalue weighted by Gasteiger charge is -2.33. The van der Waals surface area contributed by atoms with Crippen LogP contribution in [0.15, 0.2) is 30.5 Å². The average molecular weight is 354 g/mol. The predicted octanol–water partition coefficient (Wildman–Crippen LogP) is 0.354. The normalized spacial score (nSPS) is 26.4. The van der Waals surface area contributed by atoms with Crippen LogP contribution in [0.3, 0.4) is 0 Å². The molecular formula is C14H15FN4O6. The van der Waals surface area contributed by atoms with Gasteiger partial charge in [0.2, 0.25) is 0 Å². The number of benzene rings is 1. The van der Waals surface area contributed by atoms with Gasteiger partial charge in [-0.1, -0.05) is 5.21 Å². The Labute approximate surface area is 140 Å². The SMILES string of the molecule is O=[N+]([O-])c1ccc(OCc2cn([C@@H]3OC[C@@H](F)[C@H](O)[C@H]3O)nn2)cc1. The van der Waals surface area contributed by atoms with E-state index in [1.54, 1.807) is 0 Å². The Morgan fingerprint density at radius 1 is 1.36 bits per heavy atom. The molecule has 3 rings (SSSR count). The molecule has 1 saturated heterocycles. The summed E-state index contributed by atoms with van der Waals surface area (Å²) in [6, 6.07) is 5.53. The van der Waals surface area contributed by atoms with E-state index in [1.165, 1.54) is 35.1 Å². The van der Waals surface area contributed by atoms with Crippen LogP contribution in [0.1, 0.15) is 11.9 Å². The minimum absolute atomic E-state index is 0.0227. The number of ether oxygens (including phenoxy) is 2. The van der Waals surface area contributed by atoms with Gasteiger partial charge >= 0.3 is 0 Å². The van der Waals surface area contributed by atoms with Crippen molar-refractivity contribution in [2.45, 2.75) is 31.2 Å². The molecule has 0 bridgehead atoms. The molecule has 0 spiro atoms. The van der Waals surface area contributed by atoms with Crippen molar-refractivity contribution in [3.8, 4) is 5.75 Å². The van der Waals surface area contributed by atoms with Crippen LogP contribution < -0.4 is 4.74 Å². The van der Waals surface area contributed by atoms with E-state index in [9.17, 15) is 24.7 Å². The second kappa shape index (κ2) is 7.09. The van der Waals surface area contributed by atoms with Gasteiger partial charge in [-0.25, -0.2) is 9.07 Å². The van der Waals surface area contributed by atoms with Crippen LogP contribution in [-0.2, 0) is 11.3 Å². The summed E-state index contributed by atoms with van der Waals surface area (Å²) in [5, 5.41) is 37.6. The van der Waals surface area contributed by atoms with Gasteiger partial charge in [0.15, 0.2) is 12.4 Å². The number of non-ortho nitro benzene ring substituents is 1. The third-order valence-corrected chi connectivity index (χ3v) is 3.69. The van der Waals surface area contributed by atoms with E-state index < -0.39 is 29.5 Å². The molecule has 0 saturated carbocycles. The molecule has 1 aliphatic rings. The number of hydrogen-bond donors (Lipinski definition) is 2. The van der Waals surface area contributed by atoms with Gasteiger partial charge in [0, 0.05) is 12.1 Å². The maximum absolute atomic E-state index is 13.3. The van der Waals surface area contributed by atoms with E-state index in [1.807, 2.05) is 0 Å². The van der Waals surface area contributed by atoms with Crippen molar-refractivity contribution in [3.05, 3.63) is 46.3 Å². The standard InChI is InChI=1S/C14H15FN4O6/c15-11-7-25-14(13(21)12(11)20)18-5-8(16-17-18)6-24-10-3-1-9(2-4-10)19(22)23/h1-5,11-14,20-21H,6-7H2/t11-,12+,13-,14-/m1/s1. The number of aromatic nitrogens is 3. The lowest BCUT2D eigenvalue weighted by Crippen LogP contribution is -2.49. The Balaban J connectivity index is 1.61. The first-order valence-electron chi connectivity index (χ1n) is 7.35. The van der Waals surface area contributed by atoms with Crippen LogP contribution in [0, 0.1) is 10.1 Å². The van der Waals surface area contributed by atoms with Crippen molar-refractivity contribution in [2.24, 2.45) is 0 Å². The number of nitro benzene ring substituents is 1. The summed E-state index contributed by atoms with van der Waals surface area (Å²) in [5.41, 5.74) is 0.345. The van der Waals surface area contributed by atoms with Crippen LogP contribution >= 0.6 is 0 Å². The number of rotatable bonds is 5. The first kappa shape index (κ1) is 17.2. The molecule has 134 valence electrons. The molecule has 2 N–H and O–H groups in total. The molecule has 25 heavy (non-hydrogen) atoms. The van der Waals surface area contributed by atoms with Crippen molar-refractivity contribution in [1.82, 2.24) is 15.0 Å². The lowest BCUT2D eigenvalue weighted by molar-refractivity contribution is -0.384. The highest BCUT2D eigenvalue weighted by Gasteiger charge is 2.40. The molecule has 10 nitrogen and oxygen atoms in total. The quantitative estimate of drug-likeness (QED) is 0.581. The Bertz CT molecular complexity index is 739. The Hall–Kier alpha value is -2.63. The molecular weight excluding hydrogens is 339 g/mol. The lowest BCUT2D eigenvalue weighted by atomic mass is 10.1. The fourth-order valence-corrected chi connectivity index (χ4v) is 2.33. The van der Waals surface area contributed by atoms with Crippen LogP contribution in [0.25, 0.3) is 0 Å². The minimum Gasteiger partial charge on any atom is -0.487 e. The monoisotopic (exact) mass is 354 g/mol. The van der Waals surface area contributed by atoms with Gasteiger partial charge in [-0.3, -0.25) is 10.1 Å². The smallest absolute Gasteiger partial charge is 0.269 e. The van der Waals surface area contributed by atoms with E-state index in [0.29, 0.717) is 11.4 Å². The van der Waals surface area contributed by atoms with Gasteiger partial charge in [0.05, 0.1) is 17.7 Å². The molecule has 2 heterocycles. The van der Waals surface area contributed by atoms with Gasteiger partial charge in [-0.2, -0.15) is 0 Å². The van der Waals surface area contributed by atoms with E-state index in [-0.39, 0.29) is 18.9 Å². The molecule has 1 aliphatic heterocycles.